The summed E-state index contributed by atoms with van der Waals surface area (Å²) in [6.07, 6.45) is 3.67. The molecule has 0 aliphatic carbocycles. The van der Waals surface area contributed by atoms with Crippen molar-refractivity contribution in [3.63, 3.8) is 0 Å². The van der Waals surface area contributed by atoms with Crippen LogP contribution in [-0.2, 0) is 15.8 Å². The lowest BCUT2D eigenvalue weighted by molar-refractivity contribution is 0.478. The number of rotatable bonds is 8. The van der Waals surface area contributed by atoms with Crippen molar-refractivity contribution in [1.29, 1.82) is 0 Å². The lowest BCUT2D eigenvalue weighted by Gasteiger charge is -2.24. The molecule has 2 aromatic heterocycles. The van der Waals surface area contributed by atoms with E-state index in [9.17, 15) is 13.2 Å². The molecule has 2 aromatic carbocycles. The van der Waals surface area contributed by atoms with Crippen LogP contribution >= 0.6 is 0 Å². The fraction of sp³-hybridized carbons (Fsp3) is 0.321. The summed E-state index contributed by atoms with van der Waals surface area (Å²) in [5.74, 6) is -0.707. The van der Waals surface area contributed by atoms with Crippen LogP contribution in [0.25, 0.3) is 22.2 Å². The molecule has 204 valence electrons. The predicted molar refractivity (Wildman–Crippen MR) is 152 cm³/mol. The second kappa shape index (κ2) is 11.1. The quantitative estimate of drug-likeness (QED) is 0.300. The van der Waals surface area contributed by atoms with E-state index in [1.54, 1.807) is 42.6 Å². The Kier molecular flexibility index (Phi) is 7.62. The van der Waals surface area contributed by atoms with Crippen LogP contribution in [0.1, 0.15) is 38.3 Å². The average molecular weight is 551 g/mol. The molecule has 1 aliphatic heterocycles. The highest BCUT2D eigenvalue weighted by molar-refractivity contribution is 7.91. The van der Waals surface area contributed by atoms with Crippen molar-refractivity contribution in [2.24, 2.45) is 0 Å². The van der Waals surface area contributed by atoms with Gasteiger partial charge in [0, 0.05) is 35.8 Å². The second-order valence-corrected chi connectivity index (χ2v) is 11.7. The fourth-order valence-electron chi connectivity index (χ4n) is 4.84. The van der Waals surface area contributed by atoms with Crippen molar-refractivity contribution < 1.29 is 12.8 Å². The number of halogens is 1. The van der Waals surface area contributed by atoms with Crippen molar-refractivity contribution in [3.8, 4) is 11.1 Å². The van der Waals surface area contributed by atoms with Crippen LogP contribution in [0.15, 0.2) is 65.6 Å². The Labute approximate surface area is 226 Å². The van der Waals surface area contributed by atoms with Gasteiger partial charge in [-0.15, -0.1) is 0 Å². The summed E-state index contributed by atoms with van der Waals surface area (Å²) < 4.78 is 45.1. The maximum absolute atomic E-state index is 15.7. The van der Waals surface area contributed by atoms with Crippen molar-refractivity contribution in [2.75, 3.05) is 23.1 Å². The van der Waals surface area contributed by atoms with Gasteiger partial charge in [-0.3, -0.25) is 14.1 Å². The zero-order valence-electron chi connectivity index (χ0n) is 21.8. The number of anilines is 2. The van der Waals surface area contributed by atoms with Gasteiger partial charge in [-0.25, -0.2) is 17.8 Å². The van der Waals surface area contributed by atoms with Gasteiger partial charge < -0.3 is 10.6 Å². The van der Waals surface area contributed by atoms with Crippen molar-refractivity contribution in [1.82, 2.24) is 19.9 Å². The Morgan fingerprint density at radius 2 is 1.92 bits per heavy atom. The van der Waals surface area contributed by atoms with Gasteiger partial charge in [-0.05, 0) is 50.9 Å². The van der Waals surface area contributed by atoms with Crippen LogP contribution in [-0.4, -0.2) is 42.1 Å². The molecule has 1 unspecified atom stereocenters. The van der Waals surface area contributed by atoms with E-state index in [1.807, 2.05) is 13.8 Å². The maximum atomic E-state index is 15.7. The number of benzene rings is 2. The molecule has 4 aromatic rings. The summed E-state index contributed by atoms with van der Waals surface area (Å²) in [5.41, 5.74) is 0.454. The smallest absolute Gasteiger partial charge is 0.260 e. The molecule has 39 heavy (non-hydrogen) atoms. The third-order valence-electron chi connectivity index (χ3n) is 6.67. The number of nitrogens with zero attached hydrogens (tertiary/aromatic N) is 3. The average Bonchev–Trinajstić information content (AvgIpc) is 2.90. The summed E-state index contributed by atoms with van der Waals surface area (Å²) in [6.45, 7) is 5.51. The third-order valence-corrected chi connectivity index (χ3v) is 7.92. The first-order valence-electron chi connectivity index (χ1n) is 12.9. The maximum Gasteiger partial charge on any atom is 0.260 e. The lowest BCUT2D eigenvalue weighted by Crippen LogP contribution is -2.38. The third kappa shape index (κ3) is 5.94. The number of piperidine rings is 1. The SMILES string of the molecule is CC(C)n1c(=O)c(-c2cccc(NS(=O)(=O)Cc3ccccc3)c2F)cc2cnc(NC3CCCNC3)nc21. The molecule has 1 fully saturated rings. The highest BCUT2D eigenvalue weighted by Crippen LogP contribution is 2.29. The summed E-state index contributed by atoms with van der Waals surface area (Å²) >= 11 is 0. The minimum absolute atomic E-state index is 0.00769. The number of hydrogen-bond donors (Lipinski definition) is 3. The first-order chi connectivity index (χ1) is 18.7. The monoisotopic (exact) mass is 550 g/mol. The first-order valence-corrected chi connectivity index (χ1v) is 14.6. The van der Waals surface area contributed by atoms with Crippen molar-refractivity contribution >= 4 is 32.7 Å². The largest absolute Gasteiger partial charge is 0.350 e. The summed E-state index contributed by atoms with van der Waals surface area (Å²) in [5, 5.41) is 7.25. The molecule has 11 heteroatoms. The predicted octanol–water partition coefficient (Wildman–Crippen LogP) is 4.28. The van der Waals surface area contributed by atoms with Crippen molar-refractivity contribution in [3.05, 3.63) is 82.5 Å². The normalized spacial score (nSPS) is 15.9. The molecule has 0 bridgehead atoms. The molecule has 3 heterocycles. The first kappa shape index (κ1) is 26.8. The molecule has 1 aliphatic rings. The molecule has 3 N–H and O–H groups in total. The number of sulfonamides is 1. The Hall–Kier alpha value is -3.83. The lowest BCUT2D eigenvalue weighted by atomic mass is 10.0. The standard InChI is InChI=1S/C28H31FN6O3S/c1-18(2)35-26-20(15-31-28(33-26)32-21-10-7-13-30-16-21)14-23(27(35)36)22-11-6-12-24(25(22)29)34-39(37,38)17-19-8-4-3-5-9-19/h3-6,8-9,11-12,14-15,18,21,30,34H,7,10,13,16-17H2,1-2H3,(H,31,32,33). The number of hydrogen-bond acceptors (Lipinski definition) is 7. The molecule has 0 radical (unpaired) electrons. The molecule has 9 nitrogen and oxygen atoms in total. The van der Waals surface area contributed by atoms with Crippen LogP contribution in [0.3, 0.4) is 0 Å². The zero-order valence-corrected chi connectivity index (χ0v) is 22.6. The fourth-order valence-corrected chi connectivity index (χ4v) is 6.03. The number of fused-ring (bicyclic) bond motifs is 1. The summed E-state index contributed by atoms with van der Waals surface area (Å²) in [6, 6.07) is 14.4. The number of nitrogens with one attached hydrogen (secondary N) is 3. The van der Waals surface area contributed by atoms with E-state index in [0.29, 0.717) is 22.5 Å². The van der Waals surface area contributed by atoms with Gasteiger partial charge in [-0.1, -0.05) is 42.5 Å². The molecule has 0 amide bonds. The van der Waals surface area contributed by atoms with Gasteiger partial charge >= 0.3 is 0 Å². The van der Waals surface area contributed by atoms with Gasteiger partial charge in [0.05, 0.1) is 17.0 Å². The molecular formula is C28H31FN6O3S. The van der Waals surface area contributed by atoms with Gasteiger partial charge in [0.2, 0.25) is 16.0 Å². The highest BCUT2D eigenvalue weighted by atomic mass is 32.2. The Balaban J connectivity index is 1.52. The molecular weight excluding hydrogens is 519 g/mol. The molecule has 0 spiro atoms. The minimum atomic E-state index is -3.90. The number of aromatic nitrogens is 3. The van der Waals surface area contributed by atoms with Crippen LogP contribution in [0.2, 0.25) is 0 Å². The molecule has 5 rings (SSSR count). The Bertz CT molecular complexity index is 1650. The second-order valence-electron chi connectivity index (χ2n) is 10.0. The highest BCUT2D eigenvalue weighted by Gasteiger charge is 2.22. The Morgan fingerprint density at radius 3 is 2.64 bits per heavy atom. The van der Waals surface area contributed by atoms with Crippen LogP contribution in [0.5, 0.6) is 0 Å². The molecule has 0 saturated carbocycles. The van der Waals surface area contributed by atoms with Crippen LogP contribution < -0.4 is 20.9 Å². The topological polar surface area (TPSA) is 118 Å². The van der Waals surface area contributed by atoms with E-state index in [2.05, 4.69) is 25.3 Å². The van der Waals surface area contributed by atoms with Crippen molar-refractivity contribution in [2.45, 2.75) is 44.5 Å². The van der Waals surface area contributed by atoms with Crippen LogP contribution in [0.4, 0.5) is 16.0 Å². The van der Waals surface area contributed by atoms with E-state index < -0.39 is 21.4 Å². The van der Waals surface area contributed by atoms with Gasteiger partial charge in [0.1, 0.15) is 5.65 Å². The number of pyridine rings is 1. The summed E-state index contributed by atoms with van der Waals surface area (Å²) in [7, 11) is -3.90. The van der Waals surface area contributed by atoms with Gasteiger partial charge in [-0.2, -0.15) is 4.98 Å². The zero-order chi connectivity index (χ0) is 27.6. The van der Waals surface area contributed by atoms with E-state index >= 15 is 4.39 Å². The minimum Gasteiger partial charge on any atom is -0.350 e. The van der Waals surface area contributed by atoms with Crippen LogP contribution in [0, 0.1) is 5.82 Å². The van der Waals surface area contributed by atoms with E-state index in [0.717, 1.165) is 25.9 Å². The molecule has 1 saturated heterocycles. The summed E-state index contributed by atoms with van der Waals surface area (Å²) in [4.78, 5) is 22.8. The van der Waals surface area contributed by atoms with E-state index in [-0.39, 0.29) is 34.7 Å². The van der Waals surface area contributed by atoms with E-state index in [4.69, 9.17) is 0 Å². The molecule has 1 atom stereocenters. The Morgan fingerprint density at radius 1 is 1.13 bits per heavy atom. The van der Waals surface area contributed by atoms with Gasteiger partial charge in [0.25, 0.3) is 5.56 Å². The van der Waals surface area contributed by atoms with Gasteiger partial charge in [0.15, 0.2) is 5.82 Å². The van der Waals surface area contributed by atoms with E-state index in [1.165, 1.54) is 22.8 Å².